The molecule has 0 aliphatic carbocycles. The van der Waals surface area contributed by atoms with E-state index in [4.69, 9.17) is 10.5 Å². The fraction of sp³-hybridized carbons (Fsp3) is 0.158. The van der Waals surface area contributed by atoms with Crippen molar-refractivity contribution in [2.45, 2.75) is 19.4 Å². The molecule has 8 heteroatoms. The predicted octanol–water partition coefficient (Wildman–Crippen LogP) is 2.86. The highest BCUT2D eigenvalue weighted by Crippen LogP contribution is 2.23. The van der Waals surface area contributed by atoms with E-state index in [-0.39, 0.29) is 23.1 Å². The van der Waals surface area contributed by atoms with Gasteiger partial charge in [0.2, 0.25) is 0 Å². The van der Waals surface area contributed by atoms with Gasteiger partial charge in [0.1, 0.15) is 5.82 Å². The van der Waals surface area contributed by atoms with E-state index in [1.807, 2.05) is 6.92 Å². The maximum Gasteiger partial charge on any atom is 0.302 e. The van der Waals surface area contributed by atoms with E-state index in [1.54, 1.807) is 24.3 Å². The fourth-order valence-corrected chi connectivity index (χ4v) is 2.55. The number of H-pyrrole nitrogens is 1. The number of nitrogens with zero attached hydrogens (tertiary/aromatic N) is 3. The number of nitrogens with two attached hydrogens (primary N) is 1. The van der Waals surface area contributed by atoms with Crippen LogP contribution in [0, 0.1) is 5.82 Å². The number of halogens is 1. The molecule has 0 amide bonds. The molecule has 0 saturated heterocycles. The Morgan fingerprint density at radius 1 is 1.41 bits per heavy atom. The van der Waals surface area contributed by atoms with Crippen molar-refractivity contribution < 1.29 is 9.13 Å². The average molecular weight is 367 g/mol. The van der Waals surface area contributed by atoms with E-state index in [0.29, 0.717) is 22.9 Å². The van der Waals surface area contributed by atoms with Gasteiger partial charge in [0.05, 0.1) is 29.4 Å². The molecule has 3 N–H and O–H groups in total. The number of aromatic nitrogens is 3. The Bertz CT molecular complexity index is 1060. The average Bonchev–Trinajstić information content (AvgIpc) is 2.68. The summed E-state index contributed by atoms with van der Waals surface area (Å²) in [5.41, 5.74) is 6.10. The van der Waals surface area contributed by atoms with E-state index in [2.05, 4.69) is 19.9 Å². The molecule has 0 aliphatic rings. The number of hydrogen-bond donors (Lipinski definition) is 2. The third-order valence-corrected chi connectivity index (χ3v) is 3.90. The zero-order valence-corrected chi connectivity index (χ0v) is 14.6. The summed E-state index contributed by atoms with van der Waals surface area (Å²) in [7, 11) is 0. The van der Waals surface area contributed by atoms with Gasteiger partial charge in [0.15, 0.2) is 5.76 Å². The molecule has 3 aromatic rings. The monoisotopic (exact) mass is 367 g/mol. The molecule has 1 unspecified atom stereocenters. The van der Waals surface area contributed by atoms with Gasteiger partial charge in [-0.3, -0.25) is 19.8 Å². The van der Waals surface area contributed by atoms with Gasteiger partial charge in [-0.1, -0.05) is 25.1 Å². The summed E-state index contributed by atoms with van der Waals surface area (Å²) in [6.07, 6.45) is 6.12. The number of benzene rings is 1. The minimum Gasteiger partial charge on any atom is -0.422 e. The molecule has 0 fully saturated rings. The van der Waals surface area contributed by atoms with Crippen molar-refractivity contribution in [3.63, 3.8) is 0 Å². The minimum absolute atomic E-state index is 0.0393. The Morgan fingerprint density at radius 2 is 2.22 bits per heavy atom. The molecule has 0 radical (unpaired) electrons. The third kappa shape index (κ3) is 4.17. The number of aliphatic imine (C=N–C) groups is 1. The largest absolute Gasteiger partial charge is 0.422 e. The Balaban J connectivity index is 1.83. The lowest BCUT2D eigenvalue weighted by Crippen LogP contribution is -2.12. The van der Waals surface area contributed by atoms with Gasteiger partial charge in [0, 0.05) is 18.0 Å². The predicted molar refractivity (Wildman–Crippen MR) is 101 cm³/mol. The Kier molecular flexibility index (Phi) is 5.55. The van der Waals surface area contributed by atoms with Gasteiger partial charge in [-0.05, 0) is 18.6 Å². The highest BCUT2D eigenvalue weighted by atomic mass is 19.1. The van der Waals surface area contributed by atoms with E-state index < -0.39 is 6.04 Å². The second-order valence-electron chi connectivity index (χ2n) is 5.66. The fourth-order valence-electron chi connectivity index (χ4n) is 2.55. The molecule has 2 aromatic heterocycles. The van der Waals surface area contributed by atoms with Crippen molar-refractivity contribution in [3.05, 3.63) is 76.4 Å². The van der Waals surface area contributed by atoms with Crippen LogP contribution in [-0.2, 0) is 0 Å². The third-order valence-electron chi connectivity index (χ3n) is 3.90. The maximum atomic E-state index is 14.0. The number of fused-ring (bicyclic) bond motifs is 1. The molecule has 0 saturated carbocycles. The van der Waals surface area contributed by atoms with Crippen molar-refractivity contribution in [3.8, 4) is 6.01 Å². The van der Waals surface area contributed by atoms with Gasteiger partial charge in [-0.15, -0.1) is 0 Å². The molecule has 2 heterocycles. The van der Waals surface area contributed by atoms with Crippen LogP contribution in [0.4, 0.5) is 4.39 Å². The van der Waals surface area contributed by atoms with Crippen molar-refractivity contribution in [1.82, 2.24) is 15.0 Å². The van der Waals surface area contributed by atoms with Crippen LogP contribution in [0.25, 0.3) is 10.9 Å². The van der Waals surface area contributed by atoms with Crippen LogP contribution < -0.4 is 16.0 Å². The second kappa shape index (κ2) is 8.22. The van der Waals surface area contributed by atoms with Crippen LogP contribution in [0.2, 0.25) is 0 Å². The summed E-state index contributed by atoms with van der Waals surface area (Å²) in [4.78, 5) is 27.1. The quantitative estimate of drug-likeness (QED) is 0.515. The molecule has 1 aromatic carbocycles. The Hall–Kier alpha value is -3.55. The van der Waals surface area contributed by atoms with Crippen LogP contribution in [0.3, 0.4) is 0 Å². The lowest BCUT2D eigenvalue weighted by atomic mass is 10.0. The maximum absolute atomic E-state index is 14.0. The number of pyridine rings is 1. The summed E-state index contributed by atoms with van der Waals surface area (Å²) >= 11 is 0. The van der Waals surface area contributed by atoms with E-state index in [0.717, 1.165) is 0 Å². The number of allylic oxidation sites excluding steroid dienone is 1. The van der Waals surface area contributed by atoms with Crippen LogP contribution in [-0.4, -0.2) is 21.2 Å². The molecule has 27 heavy (non-hydrogen) atoms. The van der Waals surface area contributed by atoms with E-state index in [9.17, 15) is 9.18 Å². The molecule has 0 bridgehead atoms. The zero-order chi connectivity index (χ0) is 19.2. The normalized spacial score (nSPS) is 13.2. The van der Waals surface area contributed by atoms with Crippen molar-refractivity contribution in [2.75, 3.05) is 0 Å². The van der Waals surface area contributed by atoms with E-state index >= 15 is 0 Å². The molecule has 3 rings (SSSR count). The molecule has 138 valence electrons. The molecular formula is C19H18FN5O2. The highest BCUT2D eigenvalue weighted by molar-refractivity contribution is 5.78. The van der Waals surface area contributed by atoms with E-state index in [1.165, 1.54) is 30.9 Å². The first kappa shape index (κ1) is 18.2. The van der Waals surface area contributed by atoms with Gasteiger partial charge >= 0.3 is 6.01 Å². The standard InChI is InChI=1S/C19H18FN5O2/c1-2-16(13-5-3-4-6-15(13)20)23-10-12(9-21)27-19-24-17-11-22-8-7-14(17)18(26)25-19/h3-11,16H,2,21H2,1H3,(H,24,25,26). The SMILES string of the molecule is CCC(N=CC(=CN)Oc1nc2cnccc2c(=O)[nH]1)c1ccccc1F. The molecule has 0 aliphatic heterocycles. The van der Waals surface area contributed by atoms with Crippen LogP contribution in [0.1, 0.15) is 24.9 Å². The summed E-state index contributed by atoms with van der Waals surface area (Å²) in [5, 5.41) is 0.398. The Morgan fingerprint density at radius 3 is 2.96 bits per heavy atom. The van der Waals surface area contributed by atoms with Crippen LogP contribution in [0.15, 0.2) is 64.5 Å². The molecule has 1 atom stereocenters. The van der Waals surface area contributed by atoms with Gasteiger partial charge < -0.3 is 10.5 Å². The lowest BCUT2D eigenvalue weighted by Gasteiger charge is -2.11. The van der Waals surface area contributed by atoms with Gasteiger partial charge in [0.25, 0.3) is 5.56 Å². The lowest BCUT2D eigenvalue weighted by molar-refractivity contribution is 0.417. The minimum atomic E-state index is -0.391. The van der Waals surface area contributed by atoms with Crippen molar-refractivity contribution in [1.29, 1.82) is 0 Å². The highest BCUT2D eigenvalue weighted by Gasteiger charge is 2.12. The number of nitrogens with one attached hydrogen (secondary N) is 1. The number of ether oxygens (including phenoxy) is 1. The molecule has 7 nitrogen and oxygen atoms in total. The molecular weight excluding hydrogens is 349 g/mol. The number of rotatable bonds is 6. The number of hydrogen-bond acceptors (Lipinski definition) is 6. The summed E-state index contributed by atoms with van der Waals surface area (Å²) < 4.78 is 19.5. The first-order chi connectivity index (χ1) is 13.1. The van der Waals surface area contributed by atoms with Crippen molar-refractivity contribution in [2.24, 2.45) is 10.7 Å². The summed E-state index contributed by atoms with van der Waals surface area (Å²) in [5.74, 6) is -0.162. The number of aromatic amines is 1. The second-order valence-corrected chi connectivity index (χ2v) is 5.66. The first-order valence-electron chi connectivity index (χ1n) is 8.33. The van der Waals surface area contributed by atoms with Gasteiger partial charge in [-0.2, -0.15) is 4.98 Å². The van der Waals surface area contributed by atoms with Gasteiger partial charge in [-0.25, -0.2) is 4.39 Å². The van der Waals surface area contributed by atoms with Crippen LogP contribution >= 0.6 is 0 Å². The van der Waals surface area contributed by atoms with Crippen LogP contribution in [0.5, 0.6) is 6.01 Å². The summed E-state index contributed by atoms with van der Waals surface area (Å²) in [6, 6.07) is 7.58. The first-order valence-corrected chi connectivity index (χ1v) is 8.33. The smallest absolute Gasteiger partial charge is 0.302 e. The van der Waals surface area contributed by atoms with Crippen molar-refractivity contribution >= 4 is 17.1 Å². The molecule has 0 spiro atoms. The zero-order valence-electron chi connectivity index (χ0n) is 14.6. The Labute approximate surface area is 154 Å². The summed E-state index contributed by atoms with van der Waals surface area (Å²) in [6.45, 7) is 1.90. The topological polar surface area (TPSA) is 106 Å².